The molecule has 4 heterocycles. The monoisotopic (exact) mass is 510 g/mol. The largest absolute Gasteiger partial charge is 0.380 e. The number of nitrogens with one attached hydrogen (secondary N) is 1. The van der Waals surface area contributed by atoms with Gasteiger partial charge < -0.3 is 19.5 Å². The molecular formula is C24H27BrN6O2. The van der Waals surface area contributed by atoms with Crippen molar-refractivity contribution in [2.24, 2.45) is 0 Å². The molecule has 2 aliphatic heterocycles. The number of hydrogen-bond acceptors (Lipinski definition) is 8. The van der Waals surface area contributed by atoms with Gasteiger partial charge in [0.05, 0.1) is 23.3 Å². The third kappa shape index (κ3) is 4.23. The number of ether oxygens (including phenoxy) is 1. The van der Waals surface area contributed by atoms with Gasteiger partial charge in [-0.3, -0.25) is 0 Å². The van der Waals surface area contributed by atoms with E-state index in [9.17, 15) is 5.26 Å². The molecule has 0 spiro atoms. The van der Waals surface area contributed by atoms with Crippen molar-refractivity contribution in [3.63, 3.8) is 0 Å². The number of fused-ring (bicyclic) bond motifs is 1. The van der Waals surface area contributed by atoms with E-state index in [2.05, 4.69) is 49.3 Å². The molecule has 0 radical (unpaired) electrons. The summed E-state index contributed by atoms with van der Waals surface area (Å²) in [7, 11) is 0. The van der Waals surface area contributed by atoms with Crippen LogP contribution in [0.15, 0.2) is 21.1 Å². The molecule has 2 aliphatic rings. The van der Waals surface area contributed by atoms with Crippen molar-refractivity contribution in [2.45, 2.75) is 58.2 Å². The summed E-state index contributed by atoms with van der Waals surface area (Å²) in [6, 6.07) is 7.27. The number of anilines is 1. The zero-order valence-electron chi connectivity index (χ0n) is 19.1. The van der Waals surface area contributed by atoms with Crippen LogP contribution in [0.3, 0.4) is 0 Å². The van der Waals surface area contributed by atoms with Gasteiger partial charge >= 0.3 is 0 Å². The molecule has 33 heavy (non-hydrogen) atoms. The molecule has 1 aromatic carbocycles. The van der Waals surface area contributed by atoms with E-state index in [1.807, 2.05) is 26.0 Å². The molecule has 8 nitrogen and oxygen atoms in total. The van der Waals surface area contributed by atoms with Gasteiger partial charge in [-0.15, -0.1) is 0 Å². The second-order valence-corrected chi connectivity index (χ2v) is 9.95. The van der Waals surface area contributed by atoms with E-state index in [1.165, 1.54) is 0 Å². The summed E-state index contributed by atoms with van der Waals surface area (Å²) in [6.07, 6.45) is 3.09. The number of pyridine rings is 1. The van der Waals surface area contributed by atoms with E-state index in [4.69, 9.17) is 14.2 Å². The highest BCUT2D eigenvalue weighted by Gasteiger charge is 2.32. The van der Waals surface area contributed by atoms with Crippen LogP contribution in [0.25, 0.3) is 22.4 Å². The SMILES string of the molecule is Cc1noc(-c2c(N3CC[C@@H](N[C@@H]4CCOC4)C[C@H]3C)nc3c(C#N)cc(Br)cc3c2C)n1. The molecule has 5 rings (SSSR count). The number of piperidine rings is 1. The lowest BCUT2D eigenvalue weighted by Crippen LogP contribution is -2.50. The molecule has 9 heteroatoms. The second kappa shape index (κ2) is 9.01. The van der Waals surface area contributed by atoms with Gasteiger partial charge in [0.2, 0.25) is 0 Å². The fourth-order valence-corrected chi connectivity index (χ4v) is 5.51. The summed E-state index contributed by atoms with van der Waals surface area (Å²) in [5.74, 6) is 1.85. The topological polar surface area (TPSA) is 100 Å². The average Bonchev–Trinajstić information content (AvgIpc) is 3.45. The van der Waals surface area contributed by atoms with Gasteiger partial charge in [-0.1, -0.05) is 21.1 Å². The Hall–Kier alpha value is -2.54. The predicted octanol–water partition coefficient (Wildman–Crippen LogP) is 4.27. The second-order valence-electron chi connectivity index (χ2n) is 9.03. The number of nitrogens with zero attached hydrogens (tertiary/aromatic N) is 5. The van der Waals surface area contributed by atoms with Gasteiger partial charge in [0.15, 0.2) is 5.82 Å². The van der Waals surface area contributed by atoms with Crippen LogP contribution in [-0.2, 0) is 4.74 Å². The molecule has 0 aliphatic carbocycles. The van der Waals surface area contributed by atoms with E-state index in [-0.39, 0.29) is 6.04 Å². The summed E-state index contributed by atoms with van der Waals surface area (Å²) in [4.78, 5) is 11.9. The normalized spacial score (nSPS) is 23.2. The Morgan fingerprint density at radius 1 is 1.21 bits per heavy atom. The van der Waals surface area contributed by atoms with E-state index in [0.717, 1.165) is 65.8 Å². The molecule has 0 saturated carbocycles. The Morgan fingerprint density at radius 3 is 2.73 bits per heavy atom. The first-order valence-electron chi connectivity index (χ1n) is 11.4. The zero-order chi connectivity index (χ0) is 23.1. The summed E-state index contributed by atoms with van der Waals surface area (Å²) < 4.78 is 12.0. The van der Waals surface area contributed by atoms with E-state index < -0.39 is 0 Å². The Bertz CT molecular complexity index is 1230. The van der Waals surface area contributed by atoms with Crippen LogP contribution in [0.1, 0.15) is 43.1 Å². The minimum absolute atomic E-state index is 0.256. The zero-order valence-corrected chi connectivity index (χ0v) is 20.6. The van der Waals surface area contributed by atoms with Crippen molar-refractivity contribution in [1.29, 1.82) is 5.26 Å². The van der Waals surface area contributed by atoms with Gasteiger partial charge in [-0.2, -0.15) is 10.2 Å². The maximum atomic E-state index is 9.78. The smallest absolute Gasteiger partial charge is 0.261 e. The van der Waals surface area contributed by atoms with Crippen LogP contribution in [0.4, 0.5) is 5.82 Å². The summed E-state index contributed by atoms with van der Waals surface area (Å²) in [5.41, 5.74) is 3.06. The lowest BCUT2D eigenvalue weighted by atomic mass is 9.95. The van der Waals surface area contributed by atoms with Crippen LogP contribution < -0.4 is 10.2 Å². The molecular weight excluding hydrogens is 484 g/mol. The predicted molar refractivity (Wildman–Crippen MR) is 129 cm³/mol. The molecule has 3 aromatic rings. The third-order valence-electron chi connectivity index (χ3n) is 6.71. The van der Waals surface area contributed by atoms with E-state index in [0.29, 0.717) is 34.9 Å². The van der Waals surface area contributed by atoms with Gasteiger partial charge in [0.1, 0.15) is 11.9 Å². The molecule has 0 unspecified atom stereocenters. The Balaban J connectivity index is 1.58. The van der Waals surface area contributed by atoms with Crippen LogP contribution in [0, 0.1) is 25.2 Å². The lowest BCUT2D eigenvalue weighted by Gasteiger charge is -2.40. The number of hydrogen-bond donors (Lipinski definition) is 1. The highest BCUT2D eigenvalue weighted by Crippen LogP contribution is 2.39. The van der Waals surface area contributed by atoms with E-state index >= 15 is 0 Å². The number of halogens is 1. The Morgan fingerprint density at radius 2 is 2.06 bits per heavy atom. The van der Waals surface area contributed by atoms with Crippen LogP contribution in [0.5, 0.6) is 0 Å². The Labute approximate surface area is 201 Å². The number of nitriles is 1. The average molecular weight is 511 g/mol. The molecule has 2 aromatic heterocycles. The summed E-state index contributed by atoms with van der Waals surface area (Å²) in [5, 5.41) is 18.5. The molecule has 0 amide bonds. The summed E-state index contributed by atoms with van der Waals surface area (Å²) in [6.45, 7) is 8.57. The first-order valence-corrected chi connectivity index (χ1v) is 12.2. The van der Waals surface area contributed by atoms with Crippen molar-refractivity contribution in [1.82, 2.24) is 20.4 Å². The molecule has 3 atom stereocenters. The molecule has 1 N–H and O–H groups in total. The third-order valence-corrected chi connectivity index (χ3v) is 7.16. The minimum atomic E-state index is 0.256. The van der Waals surface area contributed by atoms with Crippen LogP contribution in [-0.4, -0.2) is 53.0 Å². The lowest BCUT2D eigenvalue weighted by molar-refractivity contribution is 0.185. The molecule has 2 fully saturated rings. The summed E-state index contributed by atoms with van der Waals surface area (Å²) >= 11 is 3.53. The number of rotatable bonds is 4. The van der Waals surface area contributed by atoms with Crippen molar-refractivity contribution >= 4 is 32.7 Å². The van der Waals surface area contributed by atoms with Gasteiger partial charge in [-0.05, 0) is 57.7 Å². The molecule has 172 valence electrons. The highest BCUT2D eigenvalue weighted by molar-refractivity contribution is 9.10. The minimum Gasteiger partial charge on any atom is -0.380 e. The van der Waals surface area contributed by atoms with Gasteiger partial charge in [0, 0.05) is 41.1 Å². The van der Waals surface area contributed by atoms with Crippen molar-refractivity contribution in [3.05, 3.63) is 33.6 Å². The van der Waals surface area contributed by atoms with Crippen LogP contribution >= 0.6 is 15.9 Å². The fraction of sp³-hybridized carbons (Fsp3) is 0.500. The first kappa shape index (κ1) is 22.3. The number of benzene rings is 1. The maximum absolute atomic E-state index is 9.78. The quantitative estimate of drug-likeness (QED) is 0.555. The maximum Gasteiger partial charge on any atom is 0.261 e. The van der Waals surface area contributed by atoms with E-state index in [1.54, 1.807) is 0 Å². The van der Waals surface area contributed by atoms with Crippen molar-refractivity contribution < 1.29 is 9.26 Å². The standard InChI is InChI=1S/C24H27BrN6O2/c1-13-8-18(28-19-5-7-32-12-19)4-6-31(13)23-21(24-27-15(3)30-33-24)14(2)20-10-17(25)9-16(11-26)22(20)29-23/h9-10,13,18-19,28H,4-8,12H2,1-3H3/t13-,18-,19-/m1/s1. The molecule has 0 bridgehead atoms. The fourth-order valence-electron chi connectivity index (χ4n) is 5.05. The van der Waals surface area contributed by atoms with Crippen LogP contribution in [0.2, 0.25) is 0 Å². The highest BCUT2D eigenvalue weighted by atomic mass is 79.9. The number of aryl methyl sites for hydroxylation is 2. The van der Waals surface area contributed by atoms with Crippen molar-refractivity contribution in [3.8, 4) is 17.5 Å². The van der Waals surface area contributed by atoms with Crippen molar-refractivity contribution in [2.75, 3.05) is 24.7 Å². The molecule has 2 saturated heterocycles. The van der Waals surface area contributed by atoms with Gasteiger partial charge in [0.25, 0.3) is 5.89 Å². The Kier molecular flexibility index (Phi) is 6.08. The first-order chi connectivity index (χ1) is 15.9. The number of aromatic nitrogens is 3. The van der Waals surface area contributed by atoms with Gasteiger partial charge in [-0.25, -0.2) is 4.98 Å².